The zero-order chi connectivity index (χ0) is 14.1. The van der Waals surface area contributed by atoms with Crippen LogP contribution in [0.1, 0.15) is 11.3 Å². The molecule has 0 atom stereocenters. The van der Waals surface area contributed by atoms with Gasteiger partial charge in [0.15, 0.2) is 5.65 Å². The van der Waals surface area contributed by atoms with E-state index < -0.39 is 5.20 Å². The molecule has 0 spiro atoms. The molecule has 18 heavy (non-hydrogen) atoms. The van der Waals surface area contributed by atoms with Crippen molar-refractivity contribution in [3.63, 3.8) is 0 Å². The lowest BCUT2D eigenvalue weighted by atomic mass is 10.3. The lowest BCUT2D eigenvalue weighted by Gasteiger charge is -1.96. The molecule has 10 heteroatoms. The van der Waals surface area contributed by atoms with Gasteiger partial charge in [0.2, 0.25) is 0 Å². The minimum atomic E-state index is -3.22. The zero-order valence-corrected chi connectivity index (χ0v) is 13.8. The van der Waals surface area contributed by atoms with E-state index in [9.17, 15) is 4.57 Å². The van der Waals surface area contributed by atoms with Gasteiger partial charge in [0.05, 0.1) is 5.69 Å². The molecule has 0 saturated heterocycles. The first-order valence-corrected chi connectivity index (χ1v) is 9.64. The normalized spacial score (nSPS) is 11.3. The Morgan fingerprint density at radius 3 is 2.22 bits per heavy atom. The maximum Gasteiger partial charge on any atom is 0.339 e. The summed E-state index contributed by atoms with van der Waals surface area (Å²) < 4.78 is 11.1. The van der Waals surface area contributed by atoms with Crippen LogP contribution in [0.4, 0.5) is 0 Å². The quantitative estimate of drug-likeness (QED) is 0.457. The summed E-state index contributed by atoms with van der Waals surface area (Å²) in [7, 11) is 0. The minimum Gasteiger partial charge on any atom is -0.271 e. The van der Waals surface area contributed by atoms with Gasteiger partial charge >= 0.3 is 5.20 Å². The summed E-state index contributed by atoms with van der Waals surface area (Å²) in [6.07, 6.45) is 0. The molecule has 100 valence electrons. The Balaban J connectivity index is 0.000000280. The molecule has 0 aliphatic carbocycles. The van der Waals surface area contributed by atoms with Crippen LogP contribution >= 0.6 is 62.1 Å². The second kappa shape index (κ2) is 6.17. The number of halogens is 5. The number of aryl methyl sites for hydroxylation is 2. The van der Waals surface area contributed by atoms with Gasteiger partial charge in [-0.25, -0.2) is 9.50 Å². The summed E-state index contributed by atoms with van der Waals surface area (Å²) in [6.45, 7) is 3.85. The second-order valence-electron chi connectivity index (χ2n) is 3.25. The number of aromatic nitrogens is 3. The van der Waals surface area contributed by atoms with Crippen LogP contribution in [0.25, 0.3) is 5.65 Å². The minimum absolute atomic E-state index is 0.389. The van der Waals surface area contributed by atoms with Gasteiger partial charge in [-0.05, 0) is 47.6 Å². The van der Waals surface area contributed by atoms with E-state index in [1.807, 2.05) is 13.8 Å². The van der Waals surface area contributed by atoms with E-state index in [4.69, 9.17) is 23.2 Å². The van der Waals surface area contributed by atoms with Crippen molar-refractivity contribution in [3.8, 4) is 0 Å². The Bertz CT molecular complexity index is 614. The first-order chi connectivity index (χ1) is 8.09. The molecular formula is C8H7Cl5N3OP. The van der Waals surface area contributed by atoms with Crippen molar-refractivity contribution in [2.24, 2.45) is 0 Å². The van der Waals surface area contributed by atoms with Crippen molar-refractivity contribution in [1.29, 1.82) is 0 Å². The molecule has 0 aromatic carbocycles. The van der Waals surface area contributed by atoms with Gasteiger partial charge in [-0.15, -0.1) is 0 Å². The molecule has 0 fully saturated rings. The first-order valence-electron chi connectivity index (χ1n) is 4.46. The zero-order valence-electron chi connectivity index (χ0n) is 9.16. The third-order valence-corrected chi connectivity index (χ3v) is 2.44. The van der Waals surface area contributed by atoms with Crippen LogP contribution in [0.2, 0.25) is 10.3 Å². The summed E-state index contributed by atoms with van der Waals surface area (Å²) >= 11 is 25.5. The van der Waals surface area contributed by atoms with E-state index in [1.165, 1.54) is 0 Å². The number of rotatable bonds is 0. The van der Waals surface area contributed by atoms with Crippen molar-refractivity contribution < 1.29 is 4.57 Å². The van der Waals surface area contributed by atoms with E-state index in [1.54, 1.807) is 10.6 Å². The summed E-state index contributed by atoms with van der Waals surface area (Å²) in [5.41, 5.74) is 2.64. The van der Waals surface area contributed by atoms with Crippen LogP contribution in [0.3, 0.4) is 0 Å². The molecule has 0 aliphatic rings. The van der Waals surface area contributed by atoms with E-state index in [2.05, 4.69) is 43.8 Å². The van der Waals surface area contributed by atoms with Crippen molar-refractivity contribution >= 4 is 67.8 Å². The maximum atomic E-state index is 9.51. The highest BCUT2D eigenvalue weighted by atomic mass is 36.0. The van der Waals surface area contributed by atoms with Gasteiger partial charge in [-0.1, -0.05) is 23.2 Å². The highest BCUT2D eigenvalue weighted by Gasteiger charge is 2.09. The molecule has 0 saturated carbocycles. The van der Waals surface area contributed by atoms with Crippen molar-refractivity contribution in [3.05, 3.63) is 27.6 Å². The fourth-order valence-electron chi connectivity index (χ4n) is 1.17. The van der Waals surface area contributed by atoms with Crippen LogP contribution in [-0.2, 0) is 4.57 Å². The van der Waals surface area contributed by atoms with E-state index in [-0.39, 0.29) is 0 Å². The molecule has 0 N–H and O–H groups in total. The molecule has 0 radical (unpaired) electrons. The summed E-state index contributed by atoms with van der Waals surface area (Å²) in [5.74, 6) is 0. The molecule has 4 nitrogen and oxygen atoms in total. The Morgan fingerprint density at radius 2 is 1.72 bits per heavy atom. The number of hydrogen-bond donors (Lipinski definition) is 0. The van der Waals surface area contributed by atoms with Gasteiger partial charge in [0.25, 0.3) is 0 Å². The molecule has 0 unspecified atom stereocenters. The monoisotopic (exact) mass is 367 g/mol. The van der Waals surface area contributed by atoms with E-state index in [0.717, 1.165) is 16.9 Å². The maximum absolute atomic E-state index is 9.51. The Labute approximate surface area is 128 Å². The summed E-state index contributed by atoms with van der Waals surface area (Å²) in [5, 5.41) is 1.86. The van der Waals surface area contributed by atoms with Crippen LogP contribution in [0.15, 0.2) is 6.07 Å². The SMILES string of the molecule is Cc1nn2c(Cl)cc(Cl)nc2c1C.O=P(Cl)(Cl)Cl. The average Bonchev–Trinajstić information content (AvgIpc) is 2.43. The van der Waals surface area contributed by atoms with Gasteiger partial charge < -0.3 is 0 Å². The van der Waals surface area contributed by atoms with Crippen LogP contribution in [0.5, 0.6) is 0 Å². The Hall–Kier alpha value is 0.300. The highest BCUT2D eigenvalue weighted by molar-refractivity contribution is 8.24. The second-order valence-corrected chi connectivity index (χ2v) is 10.7. The van der Waals surface area contributed by atoms with Crippen LogP contribution in [-0.4, -0.2) is 14.6 Å². The van der Waals surface area contributed by atoms with Gasteiger partial charge in [-0.3, -0.25) is 4.57 Å². The molecule has 0 bridgehead atoms. The molecule has 2 aromatic heterocycles. The third kappa shape index (κ3) is 4.76. The molecular weight excluding hydrogens is 362 g/mol. The van der Waals surface area contributed by atoms with Crippen LogP contribution in [0, 0.1) is 13.8 Å². The number of hydrogen-bond acceptors (Lipinski definition) is 3. The Morgan fingerprint density at radius 1 is 1.22 bits per heavy atom. The number of fused-ring (bicyclic) bond motifs is 1. The third-order valence-electron chi connectivity index (χ3n) is 1.98. The largest absolute Gasteiger partial charge is 0.339 e. The topological polar surface area (TPSA) is 47.3 Å². The van der Waals surface area contributed by atoms with E-state index >= 15 is 0 Å². The summed E-state index contributed by atoms with van der Waals surface area (Å²) in [4.78, 5) is 4.14. The predicted octanol–water partition coefficient (Wildman–Crippen LogP) is 5.46. The fourth-order valence-corrected chi connectivity index (χ4v) is 1.63. The van der Waals surface area contributed by atoms with Gasteiger partial charge in [0.1, 0.15) is 10.3 Å². The van der Waals surface area contributed by atoms with Crippen LogP contribution < -0.4 is 0 Å². The van der Waals surface area contributed by atoms with E-state index in [0.29, 0.717) is 10.3 Å². The van der Waals surface area contributed by atoms with Crippen molar-refractivity contribution in [2.75, 3.05) is 0 Å². The predicted molar refractivity (Wildman–Crippen MR) is 77.6 cm³/mol. The molecule has 2 heterocycles. The standard InChI is InChI=1S/C8H7Cl2N3.Cl3OP/c1-4-5(2)12-13-7(10)3-6(9)11-8(4)13;1-5(2,3)4/h3H,1-2H3;. The lowest BCUT2D eigenvalue weighted by molar-refractivity contribution is 0.600. The summed E-state index contributed by atoms with van der Waals surface area (Å²) in [6, 6.07) is 1.57. The van der Waals surface area contributed by atoms with Gasteiger partial charge in [-0.2, -0.15) is 5.10 Å². The first kappa shape index (κ1) is 16.4. The van der Waals surface area contributed by atoms with Crippen molar-refractivity contribution in [1.82, 2.24) is 14.6 Å². The molecule has 2 rings (SSSR count). The van der Waals surface area contributed by atoms with Gasteiger partial charge in [0, 0.05) is 11.6 Å². The average molecular weight is 369 g/mol. The molecule has 0 amide bonds. The number of nitrogens with zero attached hydrogens (tertiary/aromatic N) is 3. The Kier molecular flexibility index (Phi) is 5.60. The smallest absolute Gasteiger partial charge is 0.271 e. The van der Waals surface area contributed by atoms with Crippen molar-refractivity contribution in [2.45, 2.75) is 13.8 Å². The lowest BCUT2D eigenvalue weighted by Crippen LogP contribution is -1.92. The molecule has 0 aliphatic heterocycles. The molecule has 2 aromatic rings. The fraction of sp³-hybridized carbons (Fsp3) is 0.250. The highest BCUT2D eigenvalue weighted by Crippen LogP contribution is 2.61.